The highest BCUT2D eigenvalue weighted by atomic mass is 79.9. The average Bonchev–Trinajstić information content (AvgIpc) is 2.22. The molecule has 102 valence electrons. The number of allylic oxidation sites excluding steroid dienone is 2. The Bertz CT molecular complexity index is 260. The van der Waals surface area contributed by atoms with E-state index in [1.807, 2.05) is 0 Å². The minimum absolute atomic E-state index is 0. The van der Waals surface area contributed by atoms with E-state index in [2.05, 4.69) is 56.9 Å². The fraction of sp³-hybridized carbons (Fsp3) is 0.667. The molecule has 0 saturated carbocycles. The van der Waals surface area contributed by atoms with Gasteiger partial charge in [0.05, 0.1) is 0 Å². The molecular formula is C12H25BrClN3. The molecule has 0 amide bonds. The van der Waals surface area contributed by atoms with E-state index in [1.165, 1.54) is 5.57 Å². The minimum atomic E-state index is 0. The fourth-order valence-corrected chi connectivity index (χ4v) is 2.15. The van der Waals surface area contributed by atoms with Crippen LogP contribution in [0.15, 0.2) is 23.9 Å². The van der Waals surface area contributed by atoms with Crippen LogP contribution in [0.4, 0.5) is 0 Å². The molecular weight excluding hydrogens is 302 g/mol. The molecule has 0 aromatic heterocycles. The Morgan fingerprint density at radius 2 is 1.71 bits per heavy atom. The van der Waals surface area contributed by atoms with Crippen molar-refractivity contribution in [1.82, 2.24) is 10.9 Å². The molecule has 0 fully saturated rings. The van der Waals surface area contributed by atoms with Gasteiger partial charge in [0.25, 0.3) is 0 Å². The lowest BCUT2D eigenvalue weighted by molar-refractivity contribution is -0.981. The van der Waals surface area contributed by atoms with Crippen LogP contribution in [0, 0.1) is 0 Å². The van der Waals surface area contributed by atoms with Gasteiger partial charge in [0, 0.05) is 19.5 Å². The molecule has 17 heavy (non-hydrogen) atoms. The van der Waals surface area contributed by atoms with E-state index in [-0.39, 0.29) is 29.4 Å². The summed E-state index contributed by atoms with van der Waals surface area (Å²) in [7, 11) is 0. The van der Waals surface area contributed by atoms with Crippen molar-refractivity contribution in [2.45, 2.75) is 40.2 Å². The number of quaternary nitrogens is 1. The molecule has 0 aliphatic carbocycles. The van der Waals surface area contributed by atoms with Crippen LogP contribution in [-0.4, -0.2) is 23.8 Å². The van der Waals surface area contributed by atoms with Crippen molar-refractivity contribution in [3.63, 3.8) is 0 Å². The Hall–Kier alpha value is 0.130. The van der Waals surface area contributed by atoms with Crippen molar-refractivity contribution >= 4 is 12.4 Å². The third-order valence-corrected chi connectivity index (χ3v) is 2.81. The summed E-state index contributed by atoms with van der Waals surface area (Å²) in [6.07, 6.45) is 7.86. The number of nitrogens with zero attached hydrogens (tertiary/aromatic N) is 1. The maximum Gasteiger partial charge on any atom is 0.148 e. The largest absolute Gasteiger partial charge is 1.00 e. The molecule has 1 atom stereocenters. The quantitative estimate of drug-likeness (QED) is 0.668. The van der Waals surface area contributed by atoms with Crippen LogP contribution in [-0.2, 0) is 0 Å². The van der Waals surface area contributed by atoms with E-state index >= 15 is 0 Å². The van der Waals surface area contributed by atoms with Gasteiger partial charge in [-0.25, -0.2) is 0 Å². The first-order valence-electron chi connectivity index (χ1n) is 5.94. The zero-order valence-corrected chi connectivity index (χ0v) is 13.6. The lowest BCUT2D eigenvalue weighted by atomic mass is 10.1. The topological polar surface area (TPSA) is 24.1 Å². The average molecular weight is 327 g/mol. The van der Waals surface area contributed by atoms with E-state index in [1.54, 1.807) is 0 Å². The molecule has 3 nitrogen and oxygen atoms in total. The molecule has 0 radical (unpaired) electrons. The number of hydrogen-bond donors (Lipinski definition) is 2. The molecule has 1 heterocycles. The lowest BCUT2D eigenvalue weighted by Crippen LogP contribution is -3.00. The fourth-order valence-electron chi connectivity index (χ4n) is 2.15. The second kappa shape index (κ2) is 9.11. The lowest BCUT2D eigenvalue weighted by Gasteiger charge is -2.40. The van der Waals surface area contributed by atoms with Crippen LogP contribution < -0.4 is 27.8 Å². The molecule has 0 saturated heterocycles. The Kier molecular flexibility index (Phi) is 10.4. The molecule has 1 rings (SSSR count). The molecule has 5 heteroatoms. The van der Waals surface area contributed by atoms with Crippen LogP contribution in [0.3, 0.4) is 0 Å². The van der Waals surface area contributed by atoms with E-state index in [0.717, 1.165) is 19.5 Å². The Morgan fingerprint density at radius 3 is 2.12 bits per heavy atom. The van der Waals surface area contributed by atoms with Gasteiger partial charge >= 0.3 is 0 Å². The van der Waals surface area contributed by atoms with Crippen molar-refractivity contribution < 1.29 is 21.7 Å². The van der Waals surface area contributed by atoms with Crippen LogP contribution in [0.2, 0.25) is 0 Å². The summed E-state index contributed by atoms with van der Waals surface area (Å²) in [6, 6.07) is 0.481. The Morgan fingerprint density at radius 1 is 1.18 bits per heavy atom. The second-order valence-electron chi connectivity index (χ2n) is 4.00. The number of rotatable bonds is 5. The highest BCUT2D eigenvalue weighted by Crippen LogP contribution is 2.20. The van der Waals surface area contributed by atoms with Crippen molar-refractivity contribution in [2.24, 2.45) is 0 Å². The van der Waals surface area contributed by atoms with E-state index in [9.17, 15) is 0 Å². The summed E-state index contributed by atoms with van der Waals surface area (Å²) in [5.41, 5.74) is 8.38. The minimum Gasteiger partial charge on any atom is -1.00 e. The summed E-state index contributed by atoms with van der Waals surface area (Å²) in [5, 5.41) is 0. The zero-order valence-electron chi connectivity index (χ0n) is 11.2. The smallest absolute Gasteiger partial charge is 0.148 e. The second-order valence-corrected chi connectivity index (χ2v) is 4.00. The van der Waals surface area contributed by atoms with E-state index < -0.39 is 0 Å². The first kappa shape index (κ1) is 19.5. The molecule has 2 N–H and O–H groups in total. The van der Waals surface area contributed by atoms with Gasteiger partial charge in [0.2, 0.25) is 0 Å². The highest BCUT2D eigenvalue weighted by Gasteiger charge is 2.34. The van der Waals surface area contributed by atoms with Gasteiger partial charge in [0.15, 0.2) is 0 Å². The standard InChI is InChI=1S/C12H24N3.BrH.ClH/c1-5-12-10-11(4)8-9-15(12,13-6-2)14-7-3;;/h8-10,12-14H,5-7H2,1-4H3;2*1H/q+1;;/p-1. The maximum absolute atomic E-state index is 3.52. The molecule has 1 unspecified atom stereocenters. The predicted octanol–water partition coefficient (Wildman–Crippen LogP) is -0.470. The highest BCUT2D eigenvalue weighted by molar-refractivity contribution is 5.85. The summed E-state index contributed by atoms with van der Waals surface area (Å²) >= 11 is 0. The predicted molar refractivity (Wildman–Crippen MR) is 71.8 cm³/mol. The normalized spacial score (nSPS) is 21.2. The maximum atomic E-state index is 3.52. The number of nitrogens with one attached hydrogen (secondary N) is 2. The Balaban J connectivity index is 0. The van der Waals surface area contributed by atoms with Gasteiger partial charge < -0.3 is 17.0 Å². The van der Waals surface area contributed by atoms with Crippen molar-refractivity contribution in [2.75, 3.05) is 13.1 Å². The molecule has 0 bridgehead atoms. The Labute approximate surface area is 122 Å². The number of hydrogen-bond acceptors (Lipinski definition) is 2. The van der Waals surface area contributed by atoms with Crippen LogP contribution in [0.1, 0.15) is 34.1 Å². The van der Waals surface area contributed by atoms with E-state index in [4.69, 9.17) is 0 Å². The third kappa shape index (κ3) is 4.72. The third-order valence-electron chi connectivity index (χ3n) is 2.81. The number of halogens is 2. The summed E-state index contributed by atoms with van der Waals surface area (Å²) < 4.78 is 0.681. The first-order valence-corrected chi connectivity index (χ1v) is 5.94. The van der Waals surface area contributed by atoms with Gasteiger partial charge in [-0.05, 0) is 38.5 Å². The zero-order chi connectivity index (χ0) is 11.3. The van der Waals surface area contributed by atoms with Crippen molar-refractivity contribution in [1.29, 1.82) is 0 Å². The summed E-state index contributed by atoms with van der Waals surface area (Å²) in [5.74, 6) is 0. The van der Waals surface area contributed by atoms with Gasteiger partial charge in [-0.2, -0.15) is 0 Å². The van der Waals surface area contributed by atoms with Crippen molar-refractivity contribution in [3.8, 4) is 0 Å². The molecule has 1 aliphatic rings. The SMILES string of the molecule is CCN[N+]1(NCC)C=CC(C)=CC1CC.Cl.[Br-]. The van der Waals surface area contributed by atoms with Gasteiger partial charge in [-0.15, -0.1) is 28.0 Å². The molecule has 1 aliphatic heterocycles. The van der Waals surface area contributed by atoms with Gasteiger partial charge in [0.1, 0.15) is 12.2 Å². The van der Waals surface area contributed by atoms with E-state index in [0.29, 0.717) is 10.7 Å². The van der Waals surface area contributed by atoms with Gasteiger partial charge in [-0.1, -0.05) is 6.92 Å². The van der Waals surface area contributed by atoms with Gasteiger partial charge in [-0.3, -0.25) is 0 Å². The molecule has 0 aromatic rings. The first-order chi connectivity index (χ1) is 7.18. The van der Waals surface area contributed by atoms with Crippen LogP contribution >= 0.6 is 12.4 Å². The van der Waals surface area contributed by atoms with Crippen LogP contribution in [0.5, 0.6) is 0 Å². The summed E-state index contributed by atoms with van der Waals surface area (Å²) in [4.78, 5) is 0. The van der Waals surface area contributed by atoms with Crippen LogP contribution in [0.25, 0.3) is 0 Å². The summed E-state index contributed by atoms with van der Waals surface area (Å²) in [6.45, 7) is 10.6. The monoisotopic (exact) mass is 325 g/mol. The molecule has 0 aromatic carbocycles. The van der Waals surface area contributed by atoms with Crippen molar-refractivity contribution in [3.05, 3.63) is 23.9 Å². The molecule has 0 spiro atoms.